The predicted octanol–water partition coefficient (Wildman–Crippen LogP) is 0.929. The molecule has 84 valence electrons. The van der Waals surface area contributed by atoms with E-state index >= 15 is 0 Å². The molecule has 0 aliphatic heterocycles. The number of rotatable bonds is 5. The molecule has 0 saturated carbocycles. The van der Waals surface area contributed by atoms with Crippen molar-refractivity contribution in [2.24, 2.45) is 5.73 Å². The minimum absolute atomic E-state index is 0. The Bertz CT molecular complexity index is 320. The first-order valence-electron chi connectivity index (χ1n) is 4.27. The number of halogens is 1. The lowest BCUT2D eigenvalue weighted by atomic mass is 10.3. The van der Waals surface area contributed by atoms with Crippen LogP contribution in [-0.4, -0.2) is 29.2 Å². The van der Waals surface area contributed by atoms with Crippen LogP contribution in [-0.2, 0) is 0 Å². The standard InChI is InChI=1S/C9H12N2O3.ClH/c10-5-2-6-14-8-4-1-3-7(11-8)9(12)13;/h1,3-4H,2,5-6,10H2,(H,12,13);1H. The van der Waals surface area contributed by atoms with E-state index in [9.17, 15) is 4.79 Å². The van der Waals surface area contributed by atoms with Gasteiger partial charge in [0.15, 0.2) is 5.69 Å². The molecule has 1 aromatic heterocycles. The van der Waals surface area contributed by atoms with Gasteiger partial charge in [-0.05, 0) is 19.0 Å². The lowest BCUT2D eigenvalue weighted by molar-refractivity contribution is 0.0689. The number of carboxylic acids is 1. The molecule has 3 N–H and O–H groups in total. The van der Waals surface area contributed by atoms with Gasteiger partial charge in [0.2, 0.25) is 5.88 Å². The topological polar surface area (TPSA) is 85.4 Å². The highest BCUT2D eigenvalue weighted by molar-refractivity contribution is 5.85. The van der Waals surface area contributed by atoms with E-state index < -0.39 is 5.97 Å². The molecule has 6 heteroatoms. The Kier molecular flexibility index (Phi) is 6.40. The summed E-state index contributed by atoms with van der Waals surface area (Å²) in [6, 6.07) is 4.62. The minimum atomic E-state index is -1.06. The quantitative estimate of drug-likeness (QED) is 0.738. The molecule has 0 spiro atoms. The van der Waals surface area contributed by atoms with E-state index in [0.717, 1.165) is 6.42 Å². The van der Waals surface area contributed by atoms with Gasteiger partial charge in [-0.1, -0.05) is 6.07 Å². The van der Waals surface area contributed by atoms with Crippen molar-refractivity contribution < 1.29 is 14.6 Å². The van der Waals surface area contributed by atoms with Crippen LogP contribution in [0.2, 0.25) is 0 Å². The molecule has 5 nitrogen and oxygen atoms in total. The summed E-state index contributed by atoms with van der Waals surface area (Å²) in [7, 11) is 0. The second-order valence-electron chi connectivity index (χ2n) is 2.66. The van der Waals surface area contributed by atoms with Crippen molar-refractivity contribution in [3.63, 3.8) is 0 Å². The smallest absolute Gasteiger partial charge is 0.354 e. The molecular formula is C9H13ClN2O3. The minimum Gasteiger partial charge on any atom is -0.478 e. The lowest BCUT2D eigenvalue weighted by Crippen LogP contribution is -2.08. The van der Waals surface area contributed by atoms with Gasteiger partial charge in [-0.2, -0.15) is 0 Å². The highest BCUT2D eigenvalue weighted by Gasteiger charge is 2.04. The summed E-state index contributed by atoms with van der Waals surface area (Å²) in [4.78, 5) is 14.3. The number of carbonyl (C=O) groups is 1. The van der Waals surface area contributed by atoms with Crippen LogP contribution in [0.1, 0.15) is 16.9 Å². The first kappa shape index (κ1) is 13.7. The van der Waals surface area contributed by atoms with Crippen LogP contribution in [0.5, 0.6) is 5.88 Å². The normalized spacial score (nSPS) is 9.13. The number of hydrogen-bond acceptors (Lipinski definition) is 4. The zero-order valence-corrected chi connectivity index (χ0v) is 8.87. The van der Waals surface area contributed by atoms with Crippen molar-refractivity contribution in [3.8, 4) is 5.88 Å². The summed E-state index contributed by atoms with van der Waals surface area (Å²) in [6.07, 6.45) is 0.721. The fourth-order valence-electron chi connectivity index (χ4n) is 0.874. The number of hydrogen-bond donors (Lipinski definition) is 2. The fraction of sp³-hybridized carbons (Fsp3) is 0.333. The molecule has 0 fully saturated rings. The highest BCUT2D eigenvalue weighted by atomic mass is 35.5. The summed E-state index contributed by atoms with van der Waals surface area (Å²) in [5.74, 6) is -0.743. The molecule has 0 aromatic carbocycles. The van der Waals surface area contributed by atoms with Crippen molar-refractivity contribution in [2.45, 2.75) is 6.42 Å². The Morgan fingerprint density at radius 2 is 2.27 bits per heavy atom. The molecule has 0 amide bonds. The lowest BCUT2D eigenvalue weighted by Gasteiger charge is -2.03. The summed E-state index contributed by atoms with van der Waals surface area (Å²) < 4.78 is 5.18. The van der Waals surface area contributed by atoms with Crippen molar-refractivity contribution in [1.82, 2.24) is 4.98 Å². The highest BCUT2D eigenvalue weighted by Crippen LogP contribution is 2.07. The van der Waals surface area contributed by atoms with E-state index in [1.807, 2.05) is 0 Å². The largest absolute Gasteiger partial charge is 0.478 e. The van der Waals surface area contributed by atoms with Gasteiger partial charge in [-0.3, -0.25) is 0 Å². The average Bonchev–Trinajstić information content (AvgIpc) is 2.19. The fourth-order valence-corrected chi connectivity index (χ4v) is 0.874. The summed E-state index contributed by atoms with van der Waals surface area (Å²) in [6.45, 7) is 0.991. The SMILES string of the molecule is Cl.NCCCOc1cccc(C(=O)O)n1. The molecule has 0 atom stereocenters. The number of nitrogens with two attached hydrogens (primary N) is 1. The van der Waals surface area contributed by atoms with Crippen LogP contribution in [0, 0.1) is 0 Å². The maximum absolute atomic E-state index is 10.5. The van der Waals surface area contributed by atoms with Crippen LogP contribution in [0.4, 0.5) is 0 Å². The van der Waals surface area contributed by atoms with E-state index in [4.69, 9.17) is 15.6 Å². The van der Waals surface area contributed by atoms with Gasteiger partial charge in [0.05, 0.1) is 6.61 Å². The third kappa shape index (κ3) is 4.62. The van der Waals surface area contributed by atoms with E-state index in [2.05, 4.69) is 4.98 Å². The molecule has 1 rings (SSSR count). The molecule has 0 aliphatic rings. The van der Waals surface area contributed by atoms with Crippen LogP contribution in [0.25, 0.3) is 0 Å². The van der Waals surface area contributed by atoms with E-state index in [1.165, 1.54) is 6.07 Å². The molecule has 0 saturated heterocycles. The Hall–Kier alpha value is -1.33. The molecule has 0 radical (unpaired) electrons. The van der Waals surface area contributed by atoms with Crippen LogP contribution >= 0.6 is 12.4 Å². The Labute approximate surface area is 93.7 Å². The van der Waals surface area contributed by atoms with Crippen LogP contribution < -0.4 is 10.5 Å². The number of carboxylic acid groups (broad SMARTS) is 1. The number of aromatic nitrogens is 1. The molecule has 15 heavy (non-hydrogen) atoms. The second kappa shape index (κ2) is 7.03. The average molecular weight is 233 g/mol. The molecule has 1 heterocycles. The third-order valence-electron chi connectivity index (χ3n) is 1.54. The Morgan fingerprint density at radius 3 is 2.87 bits per heavy atom. The first-order valence-corrected chi connectivity index (χ1v) is 4.27. The zero-order chi connectivity index (χ0) is 10.4. The molecule has 0 unspecified atom stereocenters. The monoisotopic (exact) mass is 232 g/mol. The zero-order valence-electron chi connectivity index (χ0n) is 8.05. The molecule has 0 aliphatic carbocycles. The van der Waals surface area contributed by atoms with Gasteiger partial charge >= 0.3 is 5.97 Å². The van der Waals surface area contributed by atoms with Crippen molar-refractivity contribution in [3.05, 3.63) is 23.9 Å². The van der Waals surface area contributed by atoms with Gasteiger partial charge in [0, 0.05) is 6.07 Å². The first-order chi connectivity index (χ1) is 6.74. The number of aromatic carboxylic acids is 1. The van der Waals surface area contributed by atoms with Crippen molar-refractivity contribution in [1.29, 1.82) is 0 Å². The van der Waals surface area contributed by atoms with E-state index in [0.29, 0.717) is 19.0 Å². The number of pyridine rings is 1. The molecule has 1 aromatic rings. The molecule has 0 bridgehead atoms. The number of nitrogens with zero attached hydrogens (tertiary/aromatic N) is 1. The van der Waals surface area contributed by atoms with Gasteiger partial charge < -0.3 is 15.6 Å². The van der Waals surface area contributed by atoms with Crippen LogP contribution in [0.15, 0.2) is 18.2 Å². The molecular weight excluding hydrogens is 220 g/mol. The number of ether oxygens (including phenoxy) is 1. The van der Waals surface area contributed by atoms with Gasteiger partial charge in [-0.15, -0.1) is 12.4 Å². The maximum atomic E-state index is 10.5. The third-order valence-corrected chi connectivity index (χ3v) is 1.54. The van der Waals surface area contributed by atoms with Gasteiger partial charge in [-0.25, -0.2) is 9.78 Å². The Balaban J connectivity index is 0.00000196. The van der Waals surface area contributed by atoms with Crippen molar-refractivity contribution >= 4 is 18.4 Å². The van der Waals surface area contributed by atoms with Gasteiger partial charge in [0.1, 0.15) is 0 Å². The van der Waals surface area contributed by atoms with E-state index in [-0.39, 0.29) is 18.1 Å². The van der Waals surface area contributed by atoms with Crippen LogP contribution in [0.3, 0.4) is 0 Å². The Morgan fingerprint density at radius 1 is 1.53 bits per heavy atom. The summed E-state index contributed by atoms with van der Waals surface area (Å²) >= 11 is 0. The van der Waals surface area contributed by atoms with Gasteiger partial charge in [0.25, 0.3) is 0 Å². The predicted molar refractivity (Wildman–Crippen MR) is 57.6 cm³/mol. The summed E-state index contributed by atoms with van der Waals surface area (Å²) in [5, 5.41) is 8.64. The van der Waals surface area contributed by atoms with Crippen molar-refractivity contribution in [2.75, 3.05) is 13.2 Å². The summed E-state index contributed by atoms with van der Waals surface area (Å²) in [5.41, 5.74) is 5.26. The second-order valence-corrected chi connectivity index (χ2v) is 2.66. The maximum Gasteiger partial charge on any atom is 0.354 e. The van der Waals surface area contributed by atoms with E-state index in [1.54, 1.807) is 12.1 Å².